The summed E-state index contributed by atoms with van der Waals surface area (Å²) in [6, 6.07) is 53.2. The highest BCUT2D eigenvalue weighted by molar-refractivity contribution is 6.20. The van der Waals surface area contributed by atoms with Gasteiger partial charge in [0.15, 0.2) is 5.82 Å². The third kappa shape index (κ3) is 4.44. The Morgan fingerprint density at radius 3 is 1.35 bits per heavy atom. The summed E-state index contributed by atoms with van der Waals surface area (Å²) in [5.74, 6) is 0.693. The minimum absolute atomic E-state index is 0.103. The van der Waals surface area contributed by atoms with Gasteiger partial charge in [0.1, 0.15) is 0 Å². The van der Waals surface area contributed by atoms with Gasteiger partial charge in [0, 0.05) is 23.5 Å². The Hall–Kier alpha value is -6.59. The van der Waals surface area contributed by atoms with Crippen molar-refractivity contribution in [3.63, 3.8) is 0 Å². The third-order valence-electron chi connectivity index (χ3n) is 9.09. The van der Waals surface area contributed by atoms with Gasteiger partial charge in [-0.3, -0.25) is 9.13 Å². The number of para-hydroxylation sites is 3. The lowest BCUT2D eigenvalue weighted by atomic mass is 9.88. The molecule has 0 unspecified atom stereocenters. The van der Waals surface area contributed by atoms with E-state index in [2.05, 4.69) is 72.8 Å². The number of imidazole rings is 1. The highest BCUT2D eigenvalue weighted by Crippen LogP contribution is 2.43. The summed E-state index contributed by atoms with van der Waals surface area (Å²) in [7, 11) is 0. The van der Waals surface area contributed by atoms with Crippen LogP contribution >= 0.6 is 0 Å². The Labute approximate surface area is 276 Å². The molecule has 0 saturated carbocycles. The molecule has 0 aliphatic rings. The summed E-state index contributed by atoms with van der Waals surface area (Å²) in [5.41, 5.74) is 8.56. The molecule has 7 aromatic carbocycles. The first-order chi connectivity index (χ1) is 23.8. The molecule has 5 heteroatoms. The normalized spacial score (nSPS) is 11.4. The number of rotatable bonds is 5. The number of benzene rings is 7. The van der Waals surface area contributed by atoms with Gasteiger partial charge in [0.25, 0.3) is 0 Å². The number of fused-ring (bicyclic) bond motifs is 3. The van der Waals surface area contributed by atoms with Crippen molar-refractivity contribution in [2.24, 2.45) is 0 Å². The quantitative estimate of drug-likeness (QED) is 0.181. The van der Waals surface area contributed by atoms with Crippen LogP contribution in [-0.4, -0.2) is 19.1 Å². The lowest BCUT2D eigenvalue weighted by molar-refractivity contribution is 0.931. The molecule has 226 valence electrons. The highest BCUT2D eigenvalue weighted by atomic mass is 16.1. The predicted molar refractivity (Wildman–Crippen MR) is 196 cm³/mol. The van der Waals surface area contributed by atoms with E-state index in [1.165, 1.54) is 0 Å². The number of hydrogen-bond donors (Lipinski definition) is 0. The highest BCUT2D eigenvalue weighted by Gasteiger charge is 2.19. The van der Waals surface area contributed by atoms with Gasteiger partial charge in [0.2, 0.25) is 0 Å². The molecule has 9 aromatic rings. The van der Waals surface area contributed by atoms with Crippen molar-refractivity contribution in [2.45, 2.75) is 0 Å². The topological polar surface area (TPSA) is 52.7 Å². The molecule has 0 bridgehead atoms. The first kappa shape index (κ1) is 27.7. The zero-order valence-corrected chi connectivity index (χ0v) is 25.9. The molecule has 0 radical (unpaired) electrons. The fourth-order valence-corrected chi connectivity index (χ4v) is 6.92. The van der Waals surface area contributed by atoms with Gasteiger partial charge in [-0.2, -0.15) is 0 Å². The second-order valence-electron chi connectivity index (χ2n) is 11.8. The Morgan fingerprint density at radius 2 is 0.812 bits per heavy atom. The largest absolute Gasteiger partial charge is 0.338 e. The van der Waals surface area contributed by atoms with E-state index in [4.69, 9.17) is 9.97 Å². The van der Waals surface area contributed by atoms with Crippen LogP contribution in [0.5, 0.6) is 0 Å². The molecule has 0 amide bonds. The molecule has 0 N–H and O–H groups in total. The fourth-order valence-electron chi connectivity index (χ4n) is 6.92. The van der Waals surface area contributed by atoms with Crippen LogP contribution in [0.15, 0.2) is 175 Å². The maximum atomic E-state index is 14.0. The van der Waals surface area contributed by atoms with Gasteiger partial charge < -0.3 is 0 Å². The Kier molecular flexibility index (Phi) is 6.54. The van der Waals surface area contributed by atoms with Crippen molar-refractivity contribution in [1.82, 2.24) is 19.1 Å². The molecule has 0 saturated heterocycles. The molecular formula is C43H28N4O. The molecular weight excluding hydrogens is 589 g/mol. The van der Waals surface area contributed by atoms with Crippen LogP contribution in [0.3, 0.4) is 0 Å². The van der Waals surface area contributed by atoms with Crippen LogP contribution in [0.4, 0.5) is 0 Å². The summed E-state index contributed by atoms with van der Waals surface area (Å²) < 4.78 is 3.57. The van der Waals surface area contributed by atoms with E-state index in [0.29, 0.717) is 5.82 Å². The summed E-state index contributed by atoms with van der Waals surface area (Å²) >= 11 is 0. The van der Waals surface area contributed by atoms with Crippen molar-refractivity contribution in [1.29, 1.82) is 0 Å². The summed E-state index contributed by atoms with van der Waals surface area (Å²) in [6.07, 6.45) is 3.81. The van der Waals surface area contributed by atoms with Crippen molar-refractivity contribution >= 4 is 32.6 Å². The van der Waals surface area contributed by atoms with Gasteiger partial charge in [0.05, 0.1) is 22.4 Å². The van der Waals surface area contributed by atoms with Crippen molar-refractivity contribution in [2.75, 3.05) is 0 Å². The predicted octanol–water partition coefficient (Wildman–Crippen LogP) is 9.88. The van der Waals surface area contributed by atoms with E-state index >= 15 is 0 Å². The molecule has 0 atom stereocenters. The Balaban J connectivity index is 1.20. The average Bonchev–Trinajstić information content (AvgIpc) is 3.46. The second-order valence-corrected chi connectivity index (χ2v) is 11.8. The van der Waals surface area contributed by atoms with Crippen LogP contribution in [0.25, 0.3) is 77.6 Å². The van der Waals surface area contributed by atoms with E-state index in [0.717, 1.165) is 71.8 Å². The minimum atomic E-state index is -0.103. The van der Waals surface area contributed by atoms with E-state index in [9.17, 15) is 4.79 Å². The van der Waals surface area contributed by atoms with Crippen LogP contribution in [0, 0.1) is 0 Å². The van der Waals surface area contributed by atoms with Crippen molar-refractivity contribution in [3.8, 4) is 45.0 Å². The first-order valence-electron chi connectivity index (χ1n) is 16.0. The minimum Gasteiger partial charge on any atom is -0.260 e. The van der Waals surface area contributed by atoms with E-state index < -0.39 is 0 Å². The standard InChI is InChI=1S/C43H28N4O/c48-43-46(32-15-5-2-6-16-32)38-21-11-12-22-39(38)47(43)33-25-23-30(24-26-33)40-34-17-7-9-19-36(34)41(37-20-10-8-18-35(37)40)42-44-27-31(28-45-42)29-13-3-1-4-14-29/h1-28H. The van der Waals surface area contributed by atoms with Crippen LogP contribution in [0.2, 0.25) is 0 Å². The molecule has 9 rings (SSSR count). The number of nitrogens with zero attached hydrogens (tertiary/aromatic N) is 4. The monoisotopic (exact) mass is 616 g/mol. The molecule has 0 spiro atoms. The lowest BCUT2D eigenvalue weighted by Gasteiger charge is -2.17. The molecule has 0 aliphatic carbocycles. The van der Waals surface area contributed by atoms with Gasteiger partial charge >= 0.3 is 5.69 Å². The summed E-state index contributed by atoms with van der Waals surface area (Å²) in [5, 5.41) is 4.41. The summed E-state index contributed by atoms with van der Waals surface area (Å²) in [4.78, 5) is 23.8. The Bertz CT molecular complexity index is 2600. The second kappa shape index (κ2) is 11.3. The van der Waals surface area contributed by atoms with Crippen LogP contribution in [-0.2, 0) is 0 Å². The average molecular weight is 617 g/mol. The SMILES string of the molecule is O=c1n(-c2ccccc2)c2ccccc2n1-c1ccc(-c2c3ccccc3c(-c3ncc(-c4ccccc4)cn3)c3ccccc23)cc1. The molecule has 48 heavy (non-hydrogen) atoms. The van der Waals surface area contributed by atoms with Gasteiger partial charge in [-0.25, -0.2) is 14.8 Å². The third-order valence-corrected chi connectivity index (χ3v) is 9.09. The van der Waals surface area contributed by atoms with Crippen molar-refractivity contribution < 1.29 is 0 Å². The van der Waals surface area contributed by atoms with Crippen LogP contribution in [0.1, 0.15) is 0 Å². The van der Waals surface area contributed by atoms with Gasteiger partial charge in [-0.15, -0.1) is 0 Å². The summed E-state index contributed by atoms with van der Waals surface area (Å²) in [6.45, 7) is 0. The van der Waals surface area contributed by atoms with E-state index in [1.807, 2.05) is 97.3 Å². The van der Waals surface area contributed by atoms with E-state index in [1.54, 1.807) is 9.13 Å². The number of hydrogen-bond acceptors (Lipinski definition) is 3. The molecule has 2 heterocycles. The smallest absolute Gasteiger partial charge is 0.260 e. The molecule has 0 aliphatic heterocycles. The maximum absolute atomic E-state index is 14.0. The van der Waals surface area contributed by atoms with Gasteiger partial charge in [-0.05, 0) is 74.6 Å². The maximum Gasteiger partial charge on any atom is 0.338 e. The van der Waals surface area contributed by atoms with Crippen LogP contribution < -0.4 is 5.69 Å². The van der Waals surface area contributed by atoms with Gasteiger partial charge in [-0.1, -0.05) is 121 Å². The number of aromatic nitrogens is 4. The molecule has 0 fully saturated rings. The zero-order chi connectivity index (χ0) is 32.0. The Morgan fingerprint density at radius 1 is 0.375 bits per heavy atom. The van der Waals surface area contributed by atoms with Crippen molar-refractivity contribution in [3.05, 3.63) is 181 Å². The molecule has 5 nitrogen and oxygen atoms in total. The lowest BCUT2D eigenvalue weighted by Crippen LogP contribution is -2.22. The molecule has 2 aromatic heterocycles. The first-order valence-corrected chi connectivity index (χ1v) is 16.0. The van der Waals surface area contributed by atoms with E-state index in [-0.39, 0.29) is 5.69 Å². The zero-order valence-electron chi connectivity index (χ0n) is 25.9. The fraction of sp³-hybridized carbons (Fsp3) is 0.